The molecule has 0 amide bonds. The summed E-state index contributed by atoms with van der Waals surface area (Å²) in [6.45, 7) is 11.5. The Kier molecular flexibility index (Phi) is 15.6. The Labute approximate surface area is 383 Å². The first-order valence-corrected chi connectivity index (χ1v) is 21.8. The monoisotopic (exact) mass is 896 g/mol. The zero-order valence-corrected chi connectivity index (χ0v) is 38.1. The summed E-state index contributed by atoms with van der Waals surface area (Å²) in [6, 6.07) is 31.7. The topological polar surface area (TPSA) is 114 Å². The van der Waals surface area contributed by atoms with Crippen molar-refractivity contribution in [3.63, 3.8) is 0 Å². The molecule has 6 rings (SSSR count). The molecule has 0 aliphatic heterocycles. The Morgan fingerprint density at radius 1 is 0.547 bits per heavy atom. The fraction of sp³-hybridized carbons (Fsp3) is 0.226. The molecule has 0 saturated carbocycles. The first-order valence-electron chi connectivity index (χ1n) is 21.0. The van der Waals surface area contributed by atoms with Crippen molar-refractivity contribution in [2.24, 2.45) is 11.8 Å². The molecule has 0 bridgehead atoms. The van der Waals surface area contributed by atoms with Crippen LogP contribution >= 0.6 is 23.2 Å². The van der Waals surface area contributed by atoms with Crippen LogP contribution in [-0.4, -0.2) is 50.6 Å². The van der Waals surface area contributed by atoms with E-state index in [1.54, 1.807) is 113 Å². The van der Waals surface area contributed by atoms with Gasteiger partial charge in [-0.1, -0.05) is 147 Å². The van der Waals surface area contributed by atoms with Gasteiger partial charge in [-0.3, -0.25) is 19.2 Å². The van der Waals surface area contributed by atoms with Crippen LogP contribution in [-0.2, 0) is 22.6 Å². The van der Waals surface area contributed by atoms with Gasteiger partial charge in [-0.05, 0) is 85.3 Å². The third-order valence-corrected chi connectivity index (χ3v) is 11.2. The van der Waals surface area contributed by atoms with Crippen LogP contribution in [0.15, 0.2) is 134 Å². The van der Waals surface area contributed by atoms with Gasteiger partial charge in [0.1, 0.15) is 0 Å². The number of ether oxygens (including phenoxy) is 2. The van der Waals surface area contributed by atoms with Crippen molar-refractivity contribution in [1.82, 2.24) is 9.13 Å². The van der Waals surface area contributed by atoms with Crippen LogP contribution in [0.1, 0.15) is 103 Å². The second kappa shape index (κ2) is 21.2. The highest BCUT2D eigenvalue weighted by Crippen LogP contribution is 2.26. The van der Waals surface area contributed by atoms with Gasteiger partial charge in [0.15, 0.2) is 12.2 Å². The zero-order chi connectivity index (χ0) is 46.1. The fourth-order valence-corrected chi connectivity index (χ4v) is 7.50. The molecule has 4 aromatic carbocycles. The molecular formula is C53H50Cl2N2O7. The lowest BCUT2D eigenvalue weighted by Gasteiger charge is -2.24. The Balaban J connectivity index is 1.15. The number of hydrogen-bond acceptors (Lipinski definition) is 7. The number of ketones is 4. The second-order valence-electron chi connectivity index (χ2n) is 16.3. The van der Waals surface area contributed by atoms with E-state index in [9.17, 15) is 24.0 Å². The van der Waals surface area contributed by atoms with Gasteiger partial charge in [0.2, 0.25) is 23.1 Å². The van der Waals surface area contributed by atoms with Crippen LogP contribution in [0.5, 0.6) is 0 Å². The van der Waals surface area contributed by atoms with E-state index in [2.05, 4.69) is 0 Å². The Morgan fingerprint density at radius 3 is 1.28 bits per heavy atom. The number of carbonyl (C=O) groups excluding carboxylic acids is 5. The molecule has 0 radical (unpaired) electrons. The Bertz CT molecular complexity index is 2540. The third kappa shape index (κ3) is 11.5. The molecule has 0 saturated heterocycles. The molecule has 0 spiro atoms. The van der Waals surface area contributed by atoms with Crippen molar-refractivity contribution in [3.05, 3.63) is 200 Å². The van der Waals surface area contributed by atoms with E-state index in [0.29, 0.717) is 56.8 Å². The van der Waals surface area contributed by atoms with E-state index in [1.807, 2.05) is 71.8 Å². The summed E-state index contributed by atoms with van der Waals surface area (Å²) in [5.74, 6) is -2.21. The highest BCUT2D eigenvalue weighted by Gasteiger charge is 2.34. The summed E-state index contributed by atoms with van der Waals surface area (Å²) in [5.41, 5.74) is 5.80. The number of aryl methyl sites for hydroxylation is 2. The lowest BCUT2D eigenvalue weighted by Crippen LogP contribution is -2.37. The standard InChI is InChI=1S/C53H50Cl2N2O7/c1-33(2)51(49(60)43-31-41(54)25-23-37(43)11-7-27-56-29-9-13-45(56)47(58)39-19-15-35(5)16-20-39)63-53(62)64-52(34(3)4)50(61)44-32-42(55)26-24-38(44)12-8-28-57-30-10-14-46(57)48(59)40-21-17-36(6)18-22-40/h7-26,29-34,51-52H,27-28H2,1-6H3/b11-7+,12-8+. The normalized spacial score (nSPS) is 12.5. The highest BCUT2D eigenvalue weighted by atomic mass is 35.5. The van der Waals surface area contributed by atoms with E-state index in [-0.39, 0.29) is 22.7 Å². The molecule has 0 aliphatic carbocycles. The average molecular weight is 898 g/mol. The van der Waals surface area contributed by atoms with Crippen molar-refractivity contribution >= 4 is 64.6 Å². The number of Topliss-reactive ketones (excluding diaryl/α,β-unsaturated/α-hetero) is 2. The SMILES string of the molecule is Cc1ccc(C(=O)c2cccn2C/C=C/c2ccc(Cl)cc2C(=O)C(OC(=O)OC(C(=O)c2cc(Cl)ccc2/C=C/Cn2cccc2C(=O)c2ccc(C)cc2)C(C)C)C(C)C)cc1. The van der Waals surface area contributed by atoms with Gasteiger partial charge in [0.05, 0.1) is 11.4 Å². The van der Waals surface area contributed by atoms with E-state index in [1.165, 1.54) is 12.1 Å². The van der Waals surface area contributed by atoms with Gasteiger partial charge in [-0.15, -0.1) is 0 Å². The maximum Gasteiger partial charge on any atom is 0.509 e. The number of nitrogens with zero attached hydrogens (tertiary/aromatic N) is 2. The van der Waals surface area contributed by atoms with Crippen LogP contribution in [0.25, 0.3) is 12.2 Å². The molecule has 11 heteroatoms. The molecule has 6 aromatic rings. The van der Waals surface area contributed by atoms with Gasteiger partial charge >= 0.3 is 6.16 Å². The summed E-state index contributed by atoms with van der Waals surface area (Å²) in [4.78, 5) is 68.5. The van der Waals surface area contributed by atoms with Crippen molar-refractivity contribution in [1.29, 1.82) is 0 Å². The predicted molar refractivity (Wildman–Crippen MR) is 253 cm³/mol. The van der Waals surface area contributed by atoms with Gasteiger partial charge in [-0.2, -0.15) is 0 Å². The molecule has 2 unspecified atom stereocenters. The summed E-state index contributed by atoms with van der Waals surface area (Å²) >= 11 is 12.8. The van der Waals surface area contributed by atoms with Crippen molar-refractivity contribution in [3.8, 4) is 0 Å². The smallest absolute Gasteiger partial charge is 0.422 e. The second-order valence-corrected chi connectivity index (χ2v) is 17.2. The van der Waals surface area contributed by atoms with Crippen molar-refractivity contribution in [2.75, 3.05) is 0 Å². The molecular weight excluding hydrogens is 847 g/mol. The number of aromatic nitrogens is 2. The number of allylic oxidation sites excluding steroid dienone is 2. The van der Waals surface area contributed by atoms with Crippen LogP contribution in [0.4, 0.5) is 4.79 Å². The fourth-order valence-electron chi connectivity index (χ4n) is 7.15. The summed E-state index contributed by atoms with van der Waals surface area (Å²) in [7, 11) is 0. The van der Waals surface area contributed by atoms with Gasteiger partial charge < -0.3 is 18.6 Å². The van der Waals surface area contributed by atoms with Gasteiger partial charge in [0.25, 0.3) is 0 Å². The van der Waals surface area contributed by atoms with E-state index < -0.39 is 41.8 Å². The Hall–Kier alpha value is -6.55. The summed E-state index contributed by atoms with van der Waals surface area (Å²) in [6.07, 6.45) is 7.03. The molecule has 9 nitrogen and oxygen atoms in total. The quantitative estimate of drug-likeness (QED) is 0.0623. The maximum atomic E-state index is 14.2. The highest BCUT2D eigenvalue weighted by molar-refractivity contribution is 6.31. The third-order valence-electron chi connectivity index (χ3n) is 10.7. The van der Waals surface area contributed by atoms with Crippen LogP contribution in [0.3, 0.4) is 0 Å². The van der Waals surface area contributed by atoms with Crippen molar-refractivity contribution in [2.45, 2.75) is 66.8 Å². The summed E-state index contributed by atoms with van der Waals surface area (Å²) in [5, 5.41) is 0.617. The van der Waals surface area contributed by atoms with E-state index >= 15 is 0 Å². The zero-order valence-electron chi connectivity index (χ0n) is 36.6. The molecule has 0 fully saturated rings. The number of hydrogen-bond donors (Lipinski definition) is 0. The lowest BCUT2D eigenvalue weighted by molar-refractivity contribution is -0.0139. The molecule has 328 valence electrons. The average Bonchev–Trinajstić information content (AvgIpc) is 3.95. The van der Waals surface area contributed by atoms with E-state index in [4.69, 9.17) is 32.7 Å². The molecule has 0 aliphatic rings. The molecule has 2 aromatic heterocycles. The number of carbonyl (C=O) groups is 5. The van der Waals surface area contributed by atoms with Crippen LogP contribution < -0.4 is 0 Å². The maximum absolute atomic E-state index is 14.2. The first kappa shape index (κ1) is 46.9. The number of benzene rings is 4. The van der Waals surface area contributed by atoms with Crippen LogP contribution in [0.2, 0.25) is 10.0 Å². The number of halogens is 2. The molecule has 64 heavy (non-hydrogen) atoms. The molecule has 2 atom stereocenters. The summed E-state index contributed by atoms with van der Waals surface area (Å²) < 4.78 is 15.1. The van der Waals surface area contributed by atoms with Crippen molar-refractivity contribution < 1.29 is 33.4 Å². The van der Waals surface area contributed by atoms with Gasteiger partial charge in [-0.25, -0.2) is 4.79 Å². The number of rotatable bonds is 18. The predicted octanol–water partition coefficient (Wildman–Crippen LogP) is 12.4. The van der Waals surface area contributed by atoms with Crippen LogP contribution in [0, 0.1) is 25.7 Å². The van der Waals surface area contributed by atoms with E-state index in [0.717, 1.165) is 11.1 Å². The largest absolute Gasteiger partial charge is 0.509 e. The Morgan fingerprint density at radius 2 is 0.922 bits per heavy atom. The molecule has 2 heterocycles. The minimum atomic E-state index is -1.29. The van der Waals surface area contributed by atoms with Gasteiger partial charge in [0, 0.05) is 57.8 Å². The lowest BCUT2D eigenvalue weighted by atomic mass is 9.94. The minimum Gasteiger partial charge on any atom is -0.422 e. The molecule has 0 N–H and O–H groups in total. The first-order chi connectivity index (χ1) is 30.6. The minimum absolute atomic E-state index is 0.109.